The van der Waals surface area contributed by atoms with Gasteiger partial charge in [-0.2, -0.15) is 0 Å². The van der Waals surface area contributed by atoms with Gasteiger partial charge in [0.1, 0.15) is 4.32 Å². The second kappa shape index (κ2) is 3.40. The Morgan fingerprint density at radius 1 is 1.67 bits per heavy atom. The summed E-state index contributed by atoms with van der Waals surface area (Å²) in [5.74, 6) is -0.971. The van der Waals surface area contributed by atoms with Crippen LogP contribution in [0.1, 0.15) is 6.42 Å². The molecule has 0 radical (unpaired) electrons. The molecule has 1 aliphatic carbocycles. The van der Waals surface area contributed by atoms with Crippen LogP contribution in [-0.2, 0) is 4.79 Å². The van der Waals surface area contributed by atoms with E-state index in [0.29, 0.717) is 10.1 Å². The number of hydrogen-bond acceptors (Lipinski definition) is 1. The molecule has 1 unspecified atom stereocenters. The van der Waals surface area contributed by atoms with Crippen molar-refractivity contribution in [1.29, 1.82) is 0 Å². The van der Waals surface area contributed by atoms with Gasteiger partial charge in [0.2, 0.25) is 0 Å². The van der Waals surface area contributed by atoms with Gasteiger partial charge < -0.3 is 5.11 Å². The molecule has 0 saturated carbocycles. The number of carboxylic acids is 1. The molecule has 2 nitrogen and oxygen atoms in total. The van der Waals surface area contributed by atoms with Crippen LogP contribution in [0.4, 0.5) is 0 Å². The summed E-state index contributed by atoms with van der Waals surface area (Å²) in [6, 6.07) is 0. The van der Waals surface area contributed by atoms with Gasteiger partial charge in [-0.3, -0.25) is 4.79 Å². The predicted molar refractivity (Wildman–Crippen MR) is 51.8 cm³/mol. The predicted octanol–water partition coefficient (Wildman–Crippen LogP) is 2.85. The standard InChI is InChI=1S/C7H5BrCl2O2/c8-7(6(11)12)2-1-4(9)5(10)3-7/h1-2H,3H2,(H,11,12). The Morgan fingerprint density at radius 3 is 2.67 bits per heavy atom. The first-order valence-corrected chi connectivity index (χ1v) is 4.66. The Bertz CT molecular complexity index is 285. The third-order valence-corrected chi connectivity index (χ3v) is 3.19. The van der Waals surface area contributed by atoms with Gasteiger partial charge in [0.15, 0.2) is 0 Å². The highest BCUT2D eigenvalue weighted by Gasteiger charge is 2.36. The number of carboxylic acid groups (broad SMARTS) is 1. The van der Waals surface area contributed by atoms with Gasteiger partial charge in [-0.1, -0.05) is 45.2 Å². The molecular formula is C7H5BrCl2O2. The summed E-state index contributed by atoms with van der Waals surface area (Å²) in [5.41, 5.74) is 0. The molecule has 0 aliphatic heterocycles. The summed E-state index contributed by atoms with van der Waals surface area (Å²) in [6.07, 6.45) is 3.14. The van der Waals surface area contributed by atoms with Gasteiger partial charge in [-0.05, 0) is 6.08 Å². The van der Waals surface area contributed by atoms with Gasteiger partial charge >= 0.3 is 5.97 Å². The first-order chi connectivity index (χ1) is 5.46. The zero-order valence-corrected chi connectivity index (χ0v) is 8.95. The van der Waals surface area contributed by atoms with Gasteiger partial charge in [0.25, 0.3) is 0 Å². The van der Waals surface area contributed by atoms with Crippen molar-refractivity contribution in [2.75, 3.05) is 0 Å². The van der Waals surface area contributed by atoms with Crippen LogP contribution in [-0.4, -0.2) is 15.4 Å². The lowest BCUT2D eigenvalue weighted by atomic mass is 10.0. The van der Waals surface area contributed by atoms with Crippen molar-refractivity contribution < 1.29 is 9.90 Å². The van der Waals surface area contributed by atoms with Crippen molar-refractivity contribution in [3.05, 3.63) is 22.2 Å². The number of carbonyl (C=O) groups is 1. The van der Waals surface area contributed by atoms with Crippen LogP contribution < -0.4 is 0 Å². The highest BCUT2D eigenvalue weighted by atomic mass is 79.9. The van der Waals surface area contributed by atoms with Crippen molar-refractivity contribution in [3.63, 3.8) is 0 Å². The lowest BCUT2D eigenvalue weighted by Gasteiger charge is -2.21. The average molecular weight is 272 g/mol. The maximum Gasteiger partial charge on any atom is 0.324 e. The lowest BCUT2D eigenvalue weighted by Crippen LogP contribution is -2.30. The molecule has 0 heterocycles. The Kier molecular flexibility index (Phi) is 2.86. The van der Waals surface area contributed by atoms with E-state index < -0.39 is 10.3 Å². The molecule has 0 aromatic rings. The fourth-order valence-electron chi connectivity index (χ4n) is 0.812. The van der Waals surface area contributed by atoms with Crippen molar-refractivity contribution >= 4 is 45.1 Å². The third kappa shape index (κ3) is 1.84. The fraction of sp³-hybridized carbons (Fsp3) is 0.286. The highest BCUT2D eigenvalue weighted by Crippen LogP contribution is 2.37. The zero-order valence-electron chi connectivity index (χ0n) is 5.85. The third-order valence-electron chi connectivity index (χ3n) is 1.52. The van der Waals surface area contributed by atoms with Gasteiger partial charge in [-0.25, -0.2) is 0 Å². The van der Waals surface area contributed by atoms with Gasteiger partial charge in [0.05, 0.1) is 5.03 Å². The van der Waals surface area contributed by atoms with E-state index in [-0.39, 0.29) is 6.42 Å². The molecule has 1 atom stereocenters. The van der Waals surface area contributed by atoms with Crippen LogP contribution in [0.5, 0.6) is 0 Å². The first-order valence-electron chi connectivity index (χ1n) is 3.11. The van der Waals surface area contributed by atoms with E-state index >= 15 is 0 Å². The molecule has 1 N–H and O–H groups in total. The van der Waals surface area contributed by atoms with Crippen molar-refractivity contribution in [1.82, 2.24) is 0 Å². The smallest absolute Gasteiger partial charge is 0.324 e. The van der Waals surface area contributed by atoms with Crippen LogP contribution >= 0.6 is 39.1 Å². The minimum absolute atomic E-state index is 0.180. The molecule has 0 fully saturated rings. The van der Waals surface area contributed by atoms with E-state index in [1.165, 1.54) is 12.2 Å². The van der Waals surface area contributed by atoms with Crippen molar-refractivity contribution in [2.45, 2.75) is 10.7 Å². The number of alkyl halides is 1. The number of allylic oxidation sites excluding steroid dienone is 3. The largest absolute Gasteiger partial charge is 0.480 e. The van der Waals surface area contributed by atoms with Gasteiger partial charge in [0, 0.05) is 11.5 Å². The molecule has 1 rings (SSSR count). The lowest BCUT2D eigenvalue weighted by molar-refractivity contribution is -0.138. The van der Waals surface area contributed by atoms with Gasteiger partial charge in [-0.15, -0.1) is 0 Å². The van der Waals surface area contributed by atoms with Crippen LogP contribution in [0.3, 0.4) is 0 Å². The highest BCUT2D eigenvalue weighted by molar-refractivity contribution is 9.10. The normalized spacial score (nSPS) is 29.2. The maximum absolute atomic E-state index is 10.7. The Labute approximate surface area is 88.0 Å². The quantitative estimate of drug-likeness (QED) is 0.745. The molecule has 5 heteroatoms. The van der Waals surface area contributed by atoms with Crippen LogP contribution in [0.2, 0.25) is 0 Å². The summed E-state index contributed by atoms with van der Waals surface area (Å²) in [5, 5.41) is 9.54. The second-order valence-corrected chi connectivity index (χ2v) is 4.71. The number of hydrogen-bond donors (Lipinski definition) is 1. The average Bonchev–Trinajstić information content (AvgIpc) is 1.97. The Morgan fingerprint density at radius 2 is 2.25 bits per heavy atom. The molecular weight excluding hydrogens is 267 g/mol. The summed E-state index contributed by atoms with van der Waals surface area (Å²) in [6.45, 7) is 0. The summed E-state index contributed by atoms with van der Waals surface area (Å²) in [4.78, 5) is 10.7. The van der Waals surface area contributed by atoms with Crippen LogP contribution in [0, 0.1) is 0 Å². The maximum atomic E-state index is 10.7. The molecule has 0 spiro atoms. The van der Waals surface area contributed by atoms with Crippen LogP contribution in [0.25, 0.3) is 0 Å². The zero-order chi connectivity index (χ0) is 9.35. The van der Waals surface area contributed by atoms with E-state index in [1.54, 1.807) is 0 Å². The SMILES string of the molecule is O=C(O)C1(Br)C=CC(Cl)=C(Cl)C1. The Hall–Kier alpha value is 0.01000. The second-order valence-electron chi connectivity index (χ2n) is 2.43. The number of rotatable bonds is 1. The van der Waals surface area contributed by atoms with E-state index in [9.17, 15) is 4.79 Å². The number of aliphatic carboxylic acids is 1. The van der Waals surface area contributed by atoms with E-state index in [1.807, 2.05) is 0 Å². The monoisotopic (exact) mass is 270 g/mol. The fourth-order valence-corrected chi connectivity index (χ4v) is 1.79. The first kappa shape index (κ1) is 10.1. The van der Waals surface area contributed by atoms with Crippen molar-refractivity contribution in [3.8, 4) is 0 Å². The molecule has 0 bridgehead atoms. The minimum Gasteiger partial charge on any atom is -0.480 e. The molecule has 0 aromatic heterocycles. The summed E-state index contributed by atoms with van der Waals surface area (Å²) in [7, 11) is 0. The molecule has 0 saturated heterocycles. The molecule has 66 valence electrons. The van der Waals surface area contributed by atoms with E-state index in [2.05, 4.69) is 15.9 Å². The Balaban J connectivity index is 2.94. The van der Waals surface area contributed by atoms with E-state index in [4.69, 9.17) is 28.3 Å². The summed E-state index contributed by atoms with van der Waals surface area (Å²) >= 11 is 14.4. The van der Waals surface area contributed by atoms with Crippen LogP contribution in [0.15, 0.2) is 22.2 Å². The number of halogens is 3. The molecule has 0 amide bonds. The van der Waals surface area contributed by atoms with Crippen molar-refractivity contribution in [2.24, 2.45) is 0 Å². The summed E-state index contributed by atoms with van der Waals surface area (Å²) < 4.78 is -1.09. The minimum atomic E-state index is -1.09. The van der Waals surface area contributed by atoms with E-state index in [0.717, 1.165) is 0 Å². The molecule has 0 aromatic carbocycles. The molecule has 12 heavy (non-hydrogen) atoms. The molecule has 1 aliphatic rings. The topological polar surface area (TPSA) is 37.3 Å².